The molecular weight excluding hydrogens is 396 g/mol. The van der Waals surface area contributed by atoms with Gasteiger partial charge in [0.05, 0.1) is 20.9 Å². The largest absolute Gasteiger partial charge is 0.280 e. The molecule has 0 aliphatic rings. The molecule has 8 heteroatoms. The monoisotopic (exact) mass is 412 g/mol. The normalized spacial score (nSPS) is 11.8. The summed E-state index contributed by atoms with van der Waals surface area (Å²) in [5, 5.41) is 0.213. The maximum atomic E-state index is 12.7. The number of nitrogens with one attached hydrogen (secondary N) is 1. The predicted molar refractivity (Wildman–Crippen MR) is 108 cm³/mol. The Kier molecular flexibility index (Phi) is 5.58. The Hall–Kier alpha value is -1.28. The molecule has 25 heavy (non-hydrogen) atoms. The Morgan fingerprint density at radius 1 is 1.28 bits per heavy atom. The first-order valence-electron chi connectivity index (χ1n) is 7.72. The number of sulfonamides is 1. The molecular formula is C17H17ClN2O2S3. The van der Waals surface area contributed by atoms with Gasteiger partial charge in [0.15, 0.2) is 4.34 Å². The van der Waals surface area contributed by atoms with E-state index in [1.807, 2.05) is 12.1 Å². The van der Waals surface area contributed by atoms with Crippen molar-refractivity contribution >= 4 is 60.6 Å². The molecule has 0 radical (unpaired) electrons. The van der Waals surface area contributed by atoms with Crippen LogP contribution in [0.5, 0.6) is 0 Å². The third-order valence-electron chi connectivity index (χ3n) is 3.48. The lowest BCUT2D eigenvalue weighted by molar-refractivity contribution is 0.600. The van der Waals surface area contributed by atoms with Gasteiger partial charge in [0.2, 0.25) is 0 Å². The van der Waals surface area contributed by atoms with Crippen LogP contribution < -0.4 is 4.72 Å². The van der Waals surface area contributed by atoms with E-state index >= 15 is 0 Å². The van der Waals surface area contributed by atoms with Crippen LogP contribution in [0.15, 0.2) is 45.6 Å². The topological polar surface area (TPSA) is 59.1 Å². The van der Waals surface area contributed by atoms with Gasteiger partial charge >= 0.3 is 0 Å². The van der Waals surface area contributed by atoms with Gasteiger partial charge in [0, 0.05) is 5.75 Å². The highest BCUT2D eigenvalue weighted by atomic mass is 35.5. The highest BCUT2D eigenvalue weighted by molar-refractivity contribution is 8.01. The standard InChI is InChI=1S/C17H17ClN2O2S3/c1-3-9-23-17-19-14-8-7-12(10-15(14)24-17)20-25(21,22)16-11(2)5-4-6-13(16)18/h4-8,10,20H,3,9H2,1-2H3. The number of thiazole rings is 1. The van der Waals surface area contributed by atoms with E-state index in [2.05, 4.69) is 16.6 Å². The summed E-state index contributed by atoms with van der Waals surface area (Å²) in [6.07, 6.45) is 1.09. The van der Waals surface area contributed by atoms with Crippen molar-refractivity contribution in [1.82, 2.24) is 4.98 Å². The molecule has 0 atom stereocenters. The summed E-state index contributed by atoms with van der Waals surface area (Å²) in [6.45, 7) is 3.86. The number of rotatable bonds is 6. The highest BCUT2D eigenvalue weighted by Crippen LogP contribution is 2.33. The molecule has 0 saturated heterocycles. The van der Waals surface area contributed by atoms with Crippen molar-refractivity contribution < 1.29 is 8.42 Å². The van der Waals surface area contributed by atoms with Crippen LogP contribution in [0.25, 0.3) is 10.2 Å². The number of hydrogen-bond donors (Lipinski definition) is 1. The summed E-state index contributed by atoms with van der Waals surface area (Å²) >= 11 is 9.38. The van der Waals surface area contributed by atoms with Crippen molar-refractivity contribution in [2.45, 2.75) is 29.5 Å². The Balaban J connectivity index is 1.91. The average Bonchev–Trinajstić information content (AvgIpc) is 2.94. The zero-order valence-electron chi connectivity index (χ0n) is 13.7. The average molecular weight is 413 g/mol. The number of nitrogens with zero attached hydrogens (tertiary/aromatic N) is 1. The lowest BCUT2D eigenvalue weighted by Gasteiger charge is -2.11. The molecule has 1 heterocycles. The Labute approximate surface area is 160 Å². The van der Waals surface area contributed by atoms with E-state index in [1.165, 1.54) is 0 Å². The Morgan fingerprint density at radius 2 is 2.08 bits per heavy atom. The van der Waals surface area contributed by atoms with E-state index in [9.17, 15) is 8.42 Å². The van der Waals surface area contributed by atoms with Gasteiger partial charge in [0.1, 0.15) is 4.90 Å². The summed E-state index contributed by atoms with van der Waals surface area (Å²) in [7, 11) is -3.75. The minimum absolute atomic E-state index is 0.111. The quantitative estimate of drug-likeness (QED) is 0.538. The fourth-order valence-electron chi connectivity index (χ4n) is 2.38. The molecule has 0 bridgehead atoms. The molecule has 132 valence electrons. The van der Waals surface area contributed by atoms with Crippen molar-refractivity contribution in [3.63, 3.8) is 0 Å². The molecule has 0 amide bonds. The zero-order valence-corrected chi connectivity index (χ0v) is 17.0. The first-order valence-corrected chi connectivity index (χ1v) is 11.4. The van der Waals surface area contributed by atoms with Crippen molar-refractivity contribution in [2.24, 2.45) is 0 Å². The van der Waals surface area contributed by atoms with Crippen LogP contribution in [0.4, 0.5) is 5.69 Å². The maximum Gasteiger partial charge on any atom is 0.263 e. The van der Waals surface area contributed by atoms with Crippen molar-refractivity contribution in [3.8, 4) is 0 Å². The van der Waals surface area contributed by atoms with E-state index in [4.69, 9.17) is 11.6 Å². The van der Waals surface area contributed by atoms with E-state index in [1.54, 1.807) is 54.3 Å². The number of benzene rings is 2. The van der Waals surface area contributed by atoms with Crippen LogP contribution in [0.2, 0.25) is 5.02 Å². The molecule has 1 aromatic heterocycles. The summed E-state index contributed by atoms with van der Waals surface area (Å²) in [5.41, 5.74) is 1.99. The molecule has 3 aromatic rings. The van der Waals surface area contributed by atoms with Crippen LogP contribution in [0.1, 0.15) is 18.9 Å². The zero-order chi connectivity index (χ0) is 18.0. The molecule has 4 nitrogen and oxygen atoms in total. The van der Waals surface area contributed by atoms with Crippen LogP contribution in [0, 0.1) is 6.92 Å². The Morgan fingerprint density at radius 3 is 2.80 bits per heavy atom. The van der Waals surface area contributed by atoms with E-state index in [0.29, 0.717) is 11.3 Å². The van der Waals surface area contributed by atoms with E-state index in [-0.39, 0.29) is 9.92 Å². The first kappa shape index (κ1) is 18.5. The number of thioether (sulfide) groups is 1. The molecule has 0 spiro atoms. The minimum atomic E-state index is -3.75. The van der Waals surface area contributed by atoms with E-state index < -0.39 is 10.0 Å². The molecule has 2 aromatic carbocycles. The second kappa shape index (κ2) is 7.53. The molecule has 0 aliphatic heterocycles. The molecule has 1 N–H and O–H groups in total. The highest BCUT2D eigenvalue weighted by Gasteiger charge is 2.20. The van der Waals surface area contributed by atoms with Crippen molar-refractivity contribution in [1.29, 1.82) is 0 Å². The predicted octanol–water partition coefficient (Wildman–Crippen LogP) is 5.56. The number of aromatic nitrogens is 1. The fraction of sp³-hybridized carbons (Fsp3) is 0.235. The van der Waals surface area contributed by atoms with Gasteiger partial charge in [-0.05, 0) is 43.2 Å². The number of halogens is 1. The van der Waals surface area contributed by atoms with Gasteiger partial charge in [-0.25, -0.2) is 13.4 Å². The number of hydrogen-bond acceptors (Lipinski definition) is 5. The number of aryl methyl sites for hydroxylation is 1. The second-order valence-electron chi connectivity index (χ2n) is 5.50. The summed E-state index contributed by atoms with van der Waals surface area (Å²) < 4.78 is 30.0. The van der Waals surface area contributed by atoms with Crippen molar-refractivity contribution in [2.75, 3.05) is 10.5 Å². The van der Waals surface area contributed by atoms with Gasteiger partial charge < -0.3 is 0 Å². The van der Waals surface area contributed by atoms with Gasteiger partial charge in [-0.3, -0.25) is 4.72 Å². The van der Waals surface area contributed by atoms with Gasteiger partial charge in [-0.15, -0.1) is 11.3 Å². The number of anilines is 1. The van der Waals surface area contributed by atoms with Gasteiger partial charge in [-0.2, -0.15) is 0 Å². The summed E-state index contributed by atoms with van der Waals surface area (Å²) in [5.74, 6) is 1.02. The van der Waals surface area contributed by atoms with Crippen LogP contribution in [-0.2, 0) is 10.0 Å². The molecule has 0 aliphatic carbocycles. The summed E-state index contributed by atoms with van der Waals surface area (Å²) in [6, 6.07) is 10.4. The fourth-order valence-corrected chi connectivity index (χ4v) is 6.30. The smallest absolute Gasteiger partial charge is 0.263 e. The van der Waals surface area contributed by atoms with Crippen LogP contribution in [0.3, 0.4) is 0 Å². The molecule has 0 fully saturated rings. The second-order valence-corrected chi connectivity index (χ2v) is 9.90. The molecule has 3 rings (SSSR count). The van der Waals surface area contributed by atoms with Crippen LogP contribution in [-0.4, -0.2) is 19.2 Å². The van der Waals surface area contributed by atoms with Crippen LogP contribution >= 0.6 is 34.7 Å². The third-order valence-corrected chi connectivity index (χ3v) is 7.86. The Bertz CT molecular complexity index is 996. The number of fused-ring (bicyclic) bond motifs is 1. The summed E-state index contributed by atoms with van der Waals surface area (Å²) in [4.78, 5) is 4.67. The SMILES string of the molecule is CCCSc1nc2ccc(NS(=O)(=O)c3c(C)cccc3Cl)cc2s1. The van der Waals surface area contributed by atoms with Gasteiger partial charge in [0.25, 0.3) is 10.0 Å². The van der Waals surface area contributed by atoms with Gasteiger partial charge in [-0.1, -0.05) is 42.4 Å². The lowest BCUT2D eigenvalue weighted by atomic mass is 10.2. The minimum Gasteiger partial charge on any atom is -0.280 e. The molecule has 0 saturated carbocycles. The van der Waals surface area contributed by atoms with E-state index in [0.717, 1.165) is 26.7 Å². The van der Waals surface area contributed by atoms with Crippen molar-refractivity contribution in [3.05, 3.63) is 47.0 Å². The third kappa shape index (κ3) is 4.11. The maximum absolute atomic E-state index is 12.7. The molecule has 0 unspecified atom stereocenters. The first-order chi connectivity index (χ1) is 11.9. The lowest BCUT2D eigenvalue weighted by Crippen LogP contribution is -2.14.